The highest BCUT2D eigenvalue weighted by Gasteiger charge is 2.46. The highest BCUT2D eigenvalue weighted by atomic mass is 35.5. The second-order valence-corrected chi connectivity index (χ2v) is 7.02. The van der Waals surface area contributed by atoms with Crippen LogP contribution in [0.25, 0.3) is 5.65 Å². The Morgan fingerprint density at radius 3 is 2.89 bits per heavy atom. The molecule has 2 aliphatic rings. The molecule has 2 atom stereocenters. The van der Waals surface area contributed by atoms with Gasteiger partial charge in [0.1, 0.15) is 10.9 Å². The Morgan fingerprint density at radius 2 is 2.11 bits per heavy atom. The first-order valence-corrected chi connectivity index (χ1v) is 8.73. The van der Waals surface area contributed by atoms with Gasteiger partial charge in [0.2, 0.25) is 0 Å². The van der Waals surface area contributed by atoms with E-state index in [0.717, 1.165) is 5.56 Å². The number of carbonyl (C=O) groups excluding carboxylic acids is 1. The monoisotopic (exact) mass is 390 g/mol. The number of benzene rings is 1. The number of rotatable bonds is 2. The van der Waals surface area contributed by atoms with Gasteiger partial charge in [-0.05, 0) is 24.6 Å². The van der Waals surface area contributed by atoms with E-state index in [0.29, 0.717) is 34.0 Å². The summed E-state index contributed by atoms with van der Waals surface area (Å²) in [6, 6.07) is 5.99. The lowest BCUT2D eigenvalue weighted by molar-refractivity contribution is -0.0505. The summed E-state index contributed by atoms with van der Waals surface area (Å²) < 4.78 is 32.3. The van der Waals surface area contributed by atoms with E-state index < -0.39 is 6.61 Å². The summed E-state index contributed by atoms with van der Waals surface area (Å²) in [4.78, 5) is 18.9. The van der Waals surface area contributed by atoms with E-state index >= 15 is 0 Å². The Hall–Kier alpha value is -2.74. The van der Waals surface area contributed by atoms with E-state index in [1.54, 1.807) is 40.9 Å². The Balaban J connectivity index is 1.82. The van der Waals surface area contributed by atoms with Gasteiger partial charge in [-0.2, -0.15) is 13.9 Å². The Bertz CT molecular complexity index is 1100. The van der Waals surface area contributed by atoms with Gasteiger partial charge in [0, 0.05) is 35.9 Å². The van der Waals surface area contributed by atoms with Gasteiger partial charge in [-0.25, -0.2) is 9.50 Å². The number of halogens is 3. The maximum atomic E-state index is 13.0. The van der Waals surface area contributed by atoms with Crippen LogP contribution in [0.4, 0.5) is 8.78 Å². The fourth-order valence-corrected chi connectivity index (χ4v) is 4.33. The van der Waals surface area contributed by atoms with Crippen molar-refractivity contribution >= 4 is 23.2 Å². The molecule has 5 rings (SSSR count). The van der Waals surface area contributed by atoms with Crippen LogP contribution in [-0.4, -0.2) is 39.1 Å². The van der Waals surface area contributed by atoms with Crippen molar-refractivity contribution in [2.45, 2.75) is 25.0 Å². The van der Waals surface area contributed by atoms with Crippen molar-refractivity contribution in [3.05, 3.63) is 58.0 Å². The molecule has 6 nitrogen and oxygen atoms in total. The van der Waals surface area contributed by atoms with Gasteiger partial charge >= 0.3 is 6.61 Å². The lowest BCUT2D eigenvalue weighted by Crippen LogP contribution is -2.30. The third-order valence-corrected chi connectivity index (χ3v) is 5.50. The molecule has 9 heteroatoms. The van der Waals surface area contributed by atoms with Crippen molar-refractivity contribution in [2.24, 2.45) is 0 Å². The molecule has 0 N–H and O–H groups in total. The Labute approximate surface area is 157 Å². The zero-order valence-electron chi connectivity index (χ0n) is 14.1. The number of amides is 1. The largest absolute Gasteiger partial charge is 0.434 e. The van der Waals surface area contributed by atoms with Crippen LogP contribution in [0.15, 0.2) is 30.5 Å². The van der Waals surface area contributed by atoms with Gasteiger partial charge < -0.3 is 9.64 Å². The maximum Gasteiger partial charge on any atom is 0.387 e. The predicted molar refractivity (Wildman–Crippen MR) is 92.4 cm³/mol. The molecule has 2 aromatic heterocycles. The van der Waals surface area contributed by atoms with Crippen LogP contribution in [0.2, 0.25) is 5.15 Å². The first-order valence-electron chi connectivity index (χ1n) is 8.35. The average Bonchev–Trinajstić information content (AvgIpc) is 3.14. The lowest BCUT2D eigenvalue weighted by Gasteiger charge is -2.23. The second-order valence-electron chi connectivity index (χ2n) is 6.63. The Kier molecular flexibility index (Phi) is 3.42. The standard InChI is InChI=1S/C18H13ClF2N4O2/c1-24-10-7-9(14-15(10)23-25-6-5-12(19)22-16(14)25)13-8(17(24)26)3-2-4-11(13)27-18(20)21/h2-6,9-10,18H,7H2,1H3. The van der Waals surface area contributed by atoms with Crippen LogP contribution in [0, 0.1) is 0 Å². The van der Waals surface area contributed by atoms with E-state index in [4.69, 9.17) is 16.3 Å². The van der Waals surface area contributed by atoms with Crippen LogP contribution in [0.3, 0.4) is 0 Å². The minimum atomic E-state index is -2.99. The molecule has 138 valence electrons. The fourth-order valence-electron chi connectivity index (χ4n) is 4.20. The number of fused-ring (bicyclic) bond motifs is 9. The topological polar surface area (TPSA) is 59.7 Å². The minimum Gasteiger partial charge on any atom is -0.434 e. The zero-order chi connectivity index (χ0) is 18.9. The number of hydrogen-bond acceptors (Lipinski definition) is 4. The van der Waals surface area contributed by atoms with Crippen molar-refractivity contribution in [1.82, 2.24) is 19.5 Å². The number of hydrogen-bond donors (Lipinski definition) is 0. The van der Waals surface area contributed by atoms with Crippen LogP contribution in [0.1, 0.15) is 45.6 Å². The summed E-state index contributed by atoms with van der Waals surface area (Å²) in [5.41, 5.74) is 2.88. The van der Waals surface area contributed by atoms with Gasteiger partial charge in [0.05, 0.1) is 11.7 Å². The maximum absolute atomic E-state index is 13.0. The summed E-state index contributed by atoms with van der Waals surface area (Å²) >= 11 is 6.06. The molecule has 0 saturated heterocycles. The van der Waals surface area contributed by atoms with Crippen LogP contribution >= 0.6 is 11.6 Å². The molecule has 0 fully saturated rings. The fraction of sp³-hybridized carbons (Fsp3) is 0.278. The predicted octanol–water partition coefficient (Wildman–Crippen LogP) is 3.65. The number of ether oxygens (including phenoxy) is 1. The summed E-state index contributed by atoms with van der Waals surface area (Å²) in [7, 11) is 1.69. The number of nitrogens with zero attached hydrogens (tertiary/aromatic N) is 4. The molecule has 0 spiro atoms. The molecular weight excluding hydrogens is 378 g/mol. The van der Waals surface area contributed by atoms with Crippen molar-refractivity contribution < 1.29 is 18.3 Å². The lowest BCUT2D eigenvalue weighted by atomic mass is 9.89. The van der Waals surface area contributed by atoms with Crippen LogP contribution in [-0.2, 0) is 0 Å². The highest BCUT2D eigenvalue weighted by Crippen LogP contribution is 2.53. The van der Waals surface area contributed by atoms with Gasteiger partial charge in [0.15, 0.2) is 5.65 Å². The second kappa shape index (κ2) is 5.63. The van der Waals surface area contributed by atoms with Crippen molar-refractivity contribution in [3.8, 4) is 5.75 Å². The normalized spacial score (nSPS) is 20.8. The van der Waals surface area contributed by atoms with Crippen molar-refractivity contribution in [3.63, 3.8) is 0 Å². The first kappa shape index (κ1) is 16.4. The molecule has 27 heavy (non-hydrogen) atoms. The smallest absolute Gasteiger partial charge is 0.387 e. The molecule has 2 bridgehead atoms. The van der Waals surface area contributed by atoms with E-state index in [1.165, 1.54) is 6.07 Å². The Morgan fingerprint density at radius 1 is 1.30 bits per heavy atom. The van der Waals surface area contributed by atoms with Gasteiger partial charge in [-0.1, -0.05) is 17.7 Å². The molecule has 0 radical (unpaired) electrons. The van der Waals surface area contributed by atoms with E-state index in [1.807, 2.05) is 0 Å². The van der Waals surface area contributed by atoms with Crippen molar-refractivity contribution in [2.75, 3.05) is 7.05 Å². The number of carbonyl (C=O) groups is 1. The van der Waals surface area contributed by atoms with Gasteiger partial charge in [-0.3, -0.25) is 4.79 Å². The van der Waals surface area contributed by atoms with E-state index in [2.05, 4.69) is 10.1 Å². The third-order valence-electron chi connectivity index (χ3n) is 5.29. The van der Waals surface area contributed by atoms with Crippen molar-refractivity contribution in [1.29, 1.82) is 0 Å². The summed E-state index contributed by atoms with van der Waals surface area (Å²) in [5, 5.41) is 4.89. The average molecular weight is 391 g/mol. The van der Waals surface area contributed by atoms with Crippen LogP contribution < -0.4 is 4.74 Å². The summed E-state index contributed by atoms with van der Waals surface area (Å²) in [6.45, 7) is -2.99. The van der Waals surface area contributed by atoms with E-state index in [9.17, 15) is 13.6 Å². The zero-order valence-corrected chi connectivity index (χ0v) is 14.8. The van der Waals surface area contributed by atoms with Gasteiger partial charge in [0.25, 0.3) is 5.91 Å². The van der Waals surface area contributed by atoms with Crippen LogP contribution in [0.5, 0.6) is 5.75 Å². The molecule has 1 aliphatic heterocycles. The van der Waals surface area contributed by atoms with Gasteiger partial charge in [-0.15, -0.1) is 0 Å². The molecule has 1 amide bonds. The SMILES string of the molecule is CN1C(=O)c2cccc(OC(F)F)c2C2CC1c1nn3ccc(Cl)nc3c12. The molecule has 0 saturated carbocycles. The number of alkyl halides is 2. The quantitative estimate of drug-likeness (QED) is 0.627. The molecular formula is C18H13ClF2N4O2. The third kappa shape index (κ3) is 2.26. The summed E-state index contributed by atoms with van der Waals surface area (Å²) in [5.74, 6) is -0.581. The molecule has 3 heterocycles. The molecule has 1 aliphatic carbocycles. The molecule has 3 aromatic rings. The molecule has 2 unspecified atom stereocenters. The minimum absolute atomic E-state index is 0.00382. The number of aromatic nitrogens is 3. The first-order chi connectivity index (χ1) is 13.0. The molecule has 1 aromatic carbocycles. The van der Waals surface area contributed by atoms with E-state index in [-0.39, 0.29) is 23.6 Å². The highest BCUT2D eigenvalue weighted by molar-refractivity contribution is 6.29. The summed E-state index contributed by atoms with van der Waals surface area (Å²) in [6.07, 6.45) is 2.22.